The molecule has 1 aromatic carbocycles. The topological polar surface area (TPSA) is 51.2 Å². The Hall–Kier alpha value is -2.01. The Balaban J connectivity index is 1.81. The molecule has 0 bridgehead atoms. The summed E-state index contributed by atoms with van der Waals surface area (Å²) in [6.07, 6.45) is 4.02. The molecular weight excluding hydrogens is 296 g/mol. The van der Waals surface area contributed by atoms with E-state index in [1.54, 1.807) is 12.4 Å². The Labute approximate surface area is 135 Å². The van der Waals surface area contributed by atoms with Crippen molar-refractivity contribution in [2.75, 3.05) is 5.32 Å². The second-order valence-electron chi connectivity index (χ2n) is 4.92. The van der Waals surface area contributed by atoms with E-state index >= 15 is 0 Å². The molecule has 4 nitrogen and oxygen atoms in total. The van der Waals surface area contributed by atoms with Crippen LogP contribution in [0.1, 0.15) is 25.8 Å². The van der Waals surface area contributed by atoms with Crippen LogP contribution < -0.4 is 5.32 Å². The highest BCUT2D eigenvalue weighted by Gasteiger charge is 2.05. The van der Waals surface area contributed by atoms with Gasteiger partial charge in [0.25, 0.3) is 0 Å². The van der Waals surface area contributed by atoms with E-state index < -0.39 is 6.09 Å². The van der Waals surface area contributed by atoms with Crippen molar-refractivity contribution in [3.05, 3.63) is 54.4 Å². The molecule has 2 aromatic rings. The van der Waals surface area contributed by atoms with Crippen molar-refractivity contribution in [3.63, 3.8) is 0 Å². The molecule has 5 heteroatoms. The first kappa shape index (κ1) is 16.4. The number of aromatic nitrogens is 1. The van der Waals surface area contributed by atoms with Gasteiger partial charge in [-0.05, 0) is 36.8 Å². The van der Waals surface area contributed by atoms with E-state index in [1.165, 1.54) is 4.90 Å². The lowest BCUT2D eigenvalue weighted by Crippen LogP contribution is -2.13. The summed E-state index contributed by atoms with van der Waals surface area (Å²) in [5, 5.41) is 3.30. The summed E-state index contributed by atoms with van der Waals surface area (Å²) in [5.41, 5.74) is 1.59. The van der Waals surface area contributed by atoms with Gasteiger partial charge in [-0.3, -0.25) is 10.3 Å². The van der Waals surface area contributed by atoms with Crippen LogP contribution in [0.25, 0.3) is 0 Å². The summed E-state index contributed by atoms with van der Waals surface area (Å²) in [5.74, 6) is 0. The number of carbonyl (C=O) groups excluding carboxylic acids is 1. The fraction of sp³-hybridized carbons (Fsp3) is 0.294. The van der Waals surface area contributed by atoms with Crippen molar-refractivity contribution in [2.45, 2.75) is 37.0 Å². The predicted octanol–water partition coefficient (Wildman–Crippen LogP) is 4.72. The van der Waals surface area contributed by atoms with E-state index in [0.717, 1.165) is 17.7 Å². The summed E-state index contributed by atoms with van der Waals surface area (Å²) >= 11 is 1.83. The molecule has 0 aliphatic rings. The number of benzene rings is 1. The molecule has 1 amide bonds. The molecular formula is C17H20N2O2S. The van der Waals surface area contributed by atoms with Gasteiger partial charge in [-0.2, -0.15) is 0 Å². The van der Waals surface area contributed by atoms with Crippen LogP contribution in [-0.4, -0.2) is 16.3 Å². The van der Waals surface area contributed by atoms with E-state index in [2.05, 4.69) is 24.1 Å². The van der Waals surface area contributed by atoms with E-state index in [0.29, 0.717) is 5.25 Å². The number of rotatable bonds is 6. The standard InChI is InChI=1S/C17H20N2O2S/c1-3-13(2)22-16-8-6-15(7-9-16)19-17(20)21-12-14-5-4-10-18-11-14/h4-11,13H,3,12H2,1-2H3,(H,19,20). The lowest BCUT2D eigenvalue weighted by molar-refractivity contribution is 0.155. The van der Waals surface area contributed by atoms with Gasteiger partial charge in [0.05, 0.1) is 0 Å². The first-order valence-corrected chi connectivity index (χ1v) is 8.14. The number of amides is 1. The van der Waals surface area contributed by atoms with Crippen molar-refractivity contribution >= 4 is 23.5 Å². The number of pyridine rings is 1. The summed E-state index contributed by atoms with van der Waals surface area (Å²) in [6, 6.07) is 11.5. The van der Waals surface area contributed by atoms with Gasteiger partial charge in [-0.1, -0.05) is 19.9 Å². The van der Waals surface area contributed by atoms with Crippen molar-refractivity contribution in [1.29, 1.82) is 0 Å². The molecule has 0 saturated carbocycles. The van der Waals surface area contributed by atoms with Crippen LogP contribution >= 0.6 is 11.8 Å². The number of nitrogens with one attached hydrogen (secondary N) is 1. The van der Waals surface area contributed by atoms with Gasteiger partial charge in [-0.25, -0.2) is 4.79 Å². The van der Waals surface area contributed by atoms with E-state index in [-0.39, 0.29) is 6.61 Å². The maximum Gasteiger partial charge on any atom is 0.411 e. The summed E-state index contributed by atoms with van der Waals surface area (Å²) in [6.45, 7) is 4.58. The van der Waals surface area contributed by atoms with Gasteiger partial charge in [0.15, 0.2) is 0 Å². The number of hydrogen-bond acceptors (Lipinski definition) is 4. The Morgan fingerprint density at radius 2 is 2.09 bits per heavy atom. The van der Waals surface area contributed by atoms with Gasteiger partial charge in [0, 0.05) is 33.8 Å². The van der Waals surface area contributed by atoms with Crippen LogP contribution in [0.3, 0.4) is 0 Å². The number of thioether (sulfide) groups is 1. The van der Waals surface area contributed by atoms with Crippen molar-refractivity contribution < 1.29 is 9.53 Å². The maximum atomic E-state index is 11.7. The third-order valence-electron chi connectivity index (χ3n) is 3.11. The summed E-state index contributed by atoms with van der Waals surface area (Å²) in [7, 11) is 0. The summed E-state index contributed by atoms with van der Waals surface area (Å²) in [4.78, 5) is 16.9. The van der Waals surface area contributed by atoms with E-state index in [9.17, 15) is 4.79 Å². The third kappa shape index (κ3) is 5.41. The normalized spacial score (nSPS) is 11.7. The molecule has 22 heavy (non-hydrogen) atoms. The highest BCUT2D eigenvalue weighted by molar-refractivity contribution is 7.99. The van der Waals surface area contributed by atoms with Crippen molar-refractivity contribution in [1.82, 2.24) is 4.98 Å². The Morgan fingerprint density at radius 1 is 1.32 bits per heavy atom. The van der Waals surface area contributed by atoms with Gasteiger partial charge in [0.2, 0.25) is 0 Å². The lowest BCUT2D eigenvalue weighted by Gasteiger charge is -2.10. The van der Waals surface area contributed by atoms with Gasteiger partial charge < -0.3 is 4.74 Å². The first-order valence-electron chi connectivity index (χ1n) is 7.26. The number of ether oxygens (including phenoxy) is 1. The predicted molar refractivity (Wildman–Crippen MR) is 90.1 cm³/mol. The zero-order valence-corrected chi connectivity index (χ0v) is 13.6. The smallest absolute Gasteiger partial charge is 0.411 e. The highest BCUT2D eigenvalue weighted by Crippen LogP contribution is 2.26. The molecule has 0 spiro atoms. The average Bonchev–Trinajstić information content (AvgIpc) is 2.55. The fourth-order valence-electron chi connectivity index (χ4n) is 1.72. The average molecular weight is 316 g/mol. The van der Waals surface area contributed by atoms with Crippen LogP contribution in [-0.2, 0) is 11.3 Å². The zero-order valence-electron chi connectivity index (χ0n) is 12.8. The first-order chi connectivity index (χ1) is 10.7. The summed E-state index contributed by atoms with van der Waals surface area (Å²) < 4.78 is 5.15. The Morgan fingerprint density at radius 3 is 2.73 bits per heavy atom. The van der Waals surface area contributed by atoms with Gasteiger partial charge >= 0.3 is 6.09 Å². The van der Waals surface area contributed by atoms with Gasteiger partial charge in [0.1, 0.15) is 6.61 Å². The second-order valence-corrected chi connectivity index (χ2v) is 6.44. The third-order valence-corrected chi connectivity index (χ3v) is 4.39. The lowest BCUT2D eigenvalue weighted by atomic mass is 10.3. The van der Waals surface area contributed by atoms with Crippen molar-refractivity contribution in [2.24, 2.45) is 0 Å². The SMILES string of the molecule is CCC(C)Sc1ccc(NC(=O)OCc2cccnc2)cc1. The number of nitrogens with zero attached hydrogens (tertiary/aromatic N) is 1. The van der Waals surface area contributed by atoms with Gasteiger partial charge in [-0.15, -0.1) is 11.8 Å². The molecule has 1 atom stereocenters. The van der Waals surface area contributed by atoms with Crippen molar-refractivity contribution in [3.8, 4) is 0 Å². The largest absolute Gasteiger partial charge is 0.444 e. The molecule has 0 aliphatic heterocycles. The molecule has 0 saturated heterocycles. The Bertz CT molecular complexity index is 587. The molecule has 116 valence electrons. The minimum absolute atomic E-state index is 0.210. The quantitative estimate of drug-likeness (QED) is 0.783. The molecule has 1 unspecified atom stereocenters. The van der Waals surface area contributed by atoms with E-state index in [1.807, 2.05) is 48.2 Å². The van der Waals surface area contributed by atoms with E-state index in [4.69, 9.17) is 4.74 Å². The second kappa shape index (κ2) is 8.44. The highest BCUT2D eigenvalue weighted by atomic mass is 32.2. The maximum absolute atomic E-state index is 11.7. The van der Waals surface area contributed by atoms with Crippen LogP contribution in [0.2, 0.25) is 0 Å². The molecule has 0 fully saturated rings. The van der Waals surface area contributed by atoms with Crippen LogP contribution in [0.4, 0.5) is 10.5 Å². The molecule has 2 rings (SSSR count). The van der Waals surface area contributed by atoms with Crippen LogP contribution in [0.15, 0.2) is 53.7 Å². The van der Waals surface area contributed by atoms with Crippen LogP contribution in [0, 0.1) is 0 Å². The molecule has 0 aliphatic carbocycles. The molecule has 1 heterocycles. The Kier molecular flexibility index (Phi) is 6.27. The zero-order chi connectivity index (χ0) is 15.8. The molecule has 1 N–H and O–H groups in total. The fourth-order valence-corrected chi connectivity index (χ4v) is 2.64. The minimum Gasteiger partial charge on any atom is -0.444 e. The number of hydrogen-bond donors (Lipinski definition) is 1. The molecule has 0 radical (unpaired) electrons. The van der Waals surface area contributed by atoms with Crippen LogP contribution in [0.5, 0.6) is 0 Å². The number of carbonyl (C=O) groups is 1. The number of anilines is 1. The monoisotopic (exact) mass is 316 g/mol. The minimum atomic E-state index is -0.466. The molecule has 1 aromatic heterocycles.